The van der Waals surface area contributed by atoms with E-state index in [1.54, 1.807) is 18.3 Å². The highest BCUT2D eigenvalue weighted by molar-refractivity contribution is 5.97. The highest BCUT2D eigenvalue weighted by atomic mass is 19.4. The molecular weight excluding hydrogens is 545 g/mol. The number of carbonyl (C=O) groups excluding carboxylic acids is 1. The molecule has 3 rings (SSSR count). The molecule has 0 fully saturated rings. The van der Waals surface area contributed by atoms with Gasteiger partial charge in [-0.25, -0.2) is 19.6 Å². The van der Waals surface area contributed by atoms with Crippen molar-refractivity contribution in [3.05, 3.63) is 41.7 Å². The summed E-state index contributed by atoms with van der Waals surface area (Å²) in [7, 11) is 1.82. The molecule has 1 amide bonds. The monoisotopic (exact) mass is 568 g/mol. The number of carboxylic acid groups (broad SMARTS) is 3. The summed E-state index contributed by atoms with van der Waals surface area (Å²) in [4.78, 5) is 61.6. The van der Waals surface area contributed by atoms with Gasteiger partial charge in [-0.3, -0.25) is 9.59 Å². The first-order valence-electron chi connectivity index (χ1n) is 11.0. The first-order valence-corrected chi connectivity index (χ1v) is 11.0. The second-order valence-corrected chi connectivity index (χ2v) is 8.00. The van der Waals surface area contributed by atoms with Crippen molar-refractivity contribution in [2.75, 3.05) is 23.4 Å². The predicted octanol–water partition coefficient (Wildman–Crippen LogP) is 0.902. The van der Waals surface area contributed by atoms with Gasteiger partial charge in [0.25, 0.3) is 5.91 Å². The molecule has 0 saturated heterocycles. The number of amides is 1. The Morgan fingerprint density at radius 2 is 1.62 bits per heavy atom. The fraction of sp³-hybridized carbons (Fsp3) is 0.273. The average Bonchev–Trinajstić information content (AvgIpc) is 2.86. The Morgan fingerprint density at radius 1 is 1.02 bits per heavy atom. The molecule has 15 nitrogen and oxygen atoms in total. The maximum absolute atomic E-state index is 12.4. The summed E-state index contributed by atoms with van der Waals surface area (Å²) in [5.74, 6) is -5.66. The number of carboxylic acids is 3. The van der Waals surface area contributed by atoms with E-state index in [9.17, 15) is 32.7 Å². The number of nitrogen functional groups attached to an aromatic ring is 2. The molecule has 0 aliphatic carbocycles. The van der Waals surface area contributed by atoms with Crippen LogP contribution in [0.2, 0.25) is 0 Å². The average molecular weight is 568 g/mol. The van der Waals surface area contributed by atoms with Gasteiger partial charge in [-0.15, -0.1) is 0 Å². The van der Waals surface area contributed by atoms with Gasteiger partial charge in [0.2, 0.25) is 5.95 Å². The van der Waals surface area contributed by atoms with Crippen LogP contribution in [0.5, 0.6) is 0 Å². The fourth-order valence-corrected chi connectivity index (χ4v) is 3.03. The number of carbonyl (C=O) groups is 4. The third-order valence-electron chi connectivity index (χ3n) is 4.96. The van der Waals surface area contributed by atoms with Crippen LogP contribution in [0.25, 0.3) is 11.2 Å². The van der Waals surface area contributed by atoms with Gasteiger partial charge in [0.1, 0.15) is 6.04 Å². The lowest BCUT2D eigenvalue weighted by Gasteiger charge is -2.19. The number of nitrogens with one attached hydrogen (secondary N) is 1. The van der Waals surface area contributed by atoms with Crippen LogP contribution in [-0.2, 0) is 20.9 Å². The molecule has 0 bridgehead atoms. The van der Waals surface area contributed by atoms with Crippen LogP contribution in [-0.4, -0.2) is 78.3 Å². The van der Waals surface area contributed by atoms with Crippen molar-refractivity contribution in [2.24, 2.45) is 0 Å². The van der Waals surface area contributed by atoms with Crippen molar-refractivity contribution in [3.63, 3.8) is 0 Å². The quantitative estimate of drug-likeness (QED) is 0.210. The van der Waals surface area contributed by atoms with Gasteiger partial charge in [-0.1, -0.05) is 0 Å². The van der Waals surface area contributed by atoms with Gasteiger partial charge in [-0.2, -0.15) is 23.1 Å². The maximum atomic E-state index is 12.4. The third kappa shape index (κ3) is 8.92. The SMILES string of the molecule is CN(Cc1cnc2nc(N)nc(N)c2n1)c1ccc(C(=O)N[C@@H](CCC(=O)O)C(=O)O)cc1.O=C(O)C(F)(F)F. The zero-order chi connectivity index (χ0) is 30.2. The van der Waals surface area contributed by atoms with Gasteiger partial charge in [0.15, 0.2) is 17.0 Å². The number of hydrogen-bond acceptors (Lipinski definition) is 11. The van der Waals surface area contributed by atoms with Gasteiger partial charge < -0.3 is 37.0 Å². The molecule has 8 N–H and O–H groups in total. The maximum Gasteiger partial charge on any atom is 0.490 e. The summed E-state index contributed by atoms with van der Waals surface area (Å²) in [6.07, 6.45) is -4.12. The van der Waals surface area contributed by atoms with Crippen LogP contribution >= 0.6 is 0 Å². The van der Waals surface area contributed by atoms with Crippen molar-refractivity contribution in [3.8, 4) is 0 Å². The summed E-state index contributed by atoms with van der Waals surface area (Å²) in [5.41, 5.74) is 13.7. The van der Waals surface area contributed by atoms with E-state index in [2.05, 4.69) is 25.3 Å². The Kier molecular flexibility index (Phi) is 10.0. The minimum absolute atomic E-state index is 0.0138. The van der Waals surface area contributed by atoms with E-state index >= 15 is 0 Å². The van der Waals surface area contributed by atoms with E-state index in [0.29, 0.717) is 23.4 Å². The number of halogens is 3. The van der Waals surface area contributed by atoms with Crippen molar-refractivity contribution in [1.29, 1.82) is 0 Å². The summed E-state index contributed by atoms with van der Waals surface area (Å²) >= 11 is 0. The number of benzene rings is 1. The van der Waals surface area contributed by atoms with Gasteiger partial charge in [-0.05, 0) is 30.7 Å². The van der Waals surface area contributed by atoms with E-state index in [0.717, 1.165) is 5.69 Å². The number of hydrogen-bond donors (Lipinski definition) is 6. The highest BCUT2D eigenvalue weighted by Gasteiger charge is 2.38. The lowest BCUT2D eigenvalue weighted by atomic mass is 10.1. The normalized spacial score (nSPS) is 11.6. The molecule has 3 aromatic rings. The molecule has 18 heteroatoms. The van der Waals surface area contributed by atoms with Crippen molar-refractivity contribution < 1.29 is 47.7 Å². The Balaban J connectivity index is 0.000000708. The number of anilines is 3. The van der Waals surface area contributed by atoms with Crippen molar-refractivity contribution in [2.45, 2.75) is 31.6 Å². The van der Waals surface area contributed by atoms with Crippen LogP contribution in [0, 0.1) is 0 Å². The topological polar surface area (TPSA) is 248 Å². The summed E-state index contributed by atoms with van der Waals surface area (Å²) < 4.78 is 31.7. The number of aromatic nitrogens is 4. The van der Waals surface area contributed by atoms with E-state index in [4.69, 9.17) is 26.5 Å². The number of nitrogens with two attached hydrogens (primary N) is 2. The Hall–Kier alpha value is -5.29. The molecule has 214 valence electrons. The summed E-state index contributed by atoms with van der Waals surface area (Å²) in [5, 5.41) is 27.4. The predicted molar refractivity (Wildman–Crippen MR) is 132 cm³/mol. The number of rotatable bonds is 9. The molecule has 0 radical (unpaired) electrons. The van der Waals surface area contributed by atoms with E-state index in [-0.39, 0.29) is 30.2 Å². The van der Waals surface area contributed by atoms with E-state index in [1.807, 2.05) is 11.9 Å². The lowest BCUT2D eigenvalue weighted by Crippen LogP contribution is -2.41. The largest absolute Gasteiger partial charge is 0.490 e. The van der Waals surface area contributed by atoms with Crippen LogP contribution in [0.4, 0.5) is 30.6 Å². The minimum Gasteiger partial charge on any atom is -0.481 e. The van der Waals surface area contributed by atoms with E-state index in [1.165, 1.54) is 12.1 Å². The molecular formula is C22H23F3N8O7. The number of nitrogens with zero attached hydrogens (tertiary/aromatic N) is 5. The molecule has 0 aliphatic heterocycles. The summed E-state index contributed by atoms with van der Waals surface area (Å²) in [6.45, 7) is 0.370. The molecule has 2 aromatic heterocycles. The zero-order valence-corrected chi connectivity index (χ0v) is 20.6. The Labute approximate surface area is 222 Å². The number of alkyl halides is 3. The molecule has 0 saturated carbocycles. The zero-order valence-electron chi connectivity index (χ0n) is 20.6. The number of aliphatic carboxylic acids is 3. The van der Waals surface area contributed by atoms with Gasteiger partial charge in [0, 0.05) is 24.7 Å². The first-order chi connectivity index (χ1) is 18.6. The Bertz CT molecular complexity index is 1400. The van der Waals surface area contributed by atoms with Crippen molar-refractivity contribution in [1.82, 2.24) is 25.3 Å². The van der Waals surface area contributed by atoms with Crippen LogP contribution < -0.4 is 21.7 Å². The summed E-state index contributed by atoms with van der Waals surface area (Å²) in [6, 6.07) is 5.16. The van der Waals surface area contributed by atoms with E-state index < -0.39 is 36.0 Å². The fourth-order valence-electron chi connectivity index (χ4n) is 3.03. The molecule has 40 heavy (non-hydrogen) atoms. The molecule has 0 unspecified atom stereocenters. The molecule has 1 atom stereocenters. The lowest BCUT2D eigenvalue weighted by molar-refractivity contribution is -0.192. The minimum atomic E-state index is -5.08. The van der Waals surface area contributed by atoms with Crippen LogP contribution in [0.1, 0.15) is 28.9 Å². The Morgan fingerprint density at radius 3 is 2.15 bits per heavy atom. The second-order valence-electron chi connectivity index (χ2n) is 8.00. The third-order valence-corrected chi connectivity index (χ3v) is 4.96. The molecule has 0 aliphatic rings. The van der Waals surface area contributed by atoms with Crippen molar-refractivity contribution >= 4 is 52.4 Å². The van der Waals surface area contributed by atoms with Gasteiger partial charge >= 0.3 is 24.1 Å². The highest BCUT2D eigenvalue weighted by Crippen LogP contribution is 2.19. The smallest absolute Gasteiger partial charge is 0.481 e. The standard InChI is InChI=1S/C20H22N8O5.C2HF3O2/c1-28(9-11-8-23-17-15(24-11)16(21)26-20(22)27-17)12-4-2-10(3-5-12)18(31)25-13(19(32)33)6-7-14(29)30;3-2(4,5)1(6)7/h2-5,8,13H,6-7,9H2,1H3,(H,25,31)(H,29,30)(H,32,33)(H4,21,22,23,26,27);(H,6,7)/t13-;/m0./s1. The van der Waals surface area contributed by atoms with Gasteiger partial charge in [0.05, 0.1) is 18.4 Å². The first kappa shape index (κ1) is 30.9. The van der Waals surface area contributed by atoms with Crippen LogP contribution in [0.15, 0.2) is 30.5 Å². The molecule has 1 aromatic carbocycles. The number of fused-ring (bicyclic) bond motifs is 1. The van der Waals surface area contributed by atoms with Crippen LogP contribution in [0.3, 0.4) is 0 Å². The molecule has 2 heterocycles. The second kappa shape index (κ2) is 13.0. The molecule has 0 spiro atoms.